The number of nitrogens with one attached hydrogen (secondary N) is 1. The quantitative estimate of drug-likeness (QED) is 0.811. The monoisotopic (exact) mass is 341 g/mol. The molecule has 1 heterocycles. The number of ether oxygens (including phenoxy) is 1. The van der Waals surface area contributed by atoms with Crippen LogP contribution in [0.3, 0.4) is 0 Å². The first kappa shape index (κ1) is 19.4. The molecule has 0 aromatic heterocycles. The molecule has 1 aromatic carbocycles. The number of nitrogens with two attached hydrogens (primary N) is 1. The van der Waals surface area contributed by atoms with Gasteiger partial charge in [0.1, 0.15) is 6.04 Å². The number of hydrogen-bond donors (Lipinski definition) is 2. The van der Waals surface area contributed by atoms with E-state index in [1.807, 2.05) is 37.3 Å². The number of methoxy groups -OCH3 is 1. The molecule has 6 nitrogen and oxygen atoms in total. The van der Waals surface area contributed by atoms with Crippen LogP contribution < -0.4 is 16.0 Å². The van der Waals surface area contributed by atoms with Crippen LogP contribution in [-0.4, -0.2) is 43.7 Å². The van der Waals surface area contributed by atoms with Crippen molar-refractivity contribution in [3.63, 3.8) is 0 Å². The summed E-state index contributed by atoms with van der Waals surface area (Å²) in [4.78, 5) is 26.3. The van der Waals surface area contributed by atoms with Gasteiger partial charge in [-0.25, -0.2) is 0 Å². The van der Waals surface area contributed by atoms with Crippen molar-refractivity contribution in [3.05, 3.63) is 30.3 Å². The molecule has 0 bridgehead atoms. The molecule has 23 heavy (non-hydrogen) atoms. The smallest absolute Gasteiger partial charge is 0.249 e. The summed E-state index contributed by atoms with van der Waals surface area (Å²) < 4.78 is 5.09. The molecule has 3 N–H and O–H groups in total. The molecular weight excluding hydrogens is 318 g/mol. The number of rotatable bonds is 6. The first-order chi connectivity index (χ1) is 10.6. The summed E-state index contributed by atoms with van der Waals surface area (Å²) in [7, 11) is 1.52. The van der Waals surface area contributed by atoms with Crippen LogP contribution in [0.4, 0.5) is 5.69 Å². The average molecular weight is 342 g/mol. The van der Waals surface area contributed by atoms with E-state index in [0.717, 1.165) is 5.69 Å². The van der Waals surface area contributed by atoms with E-state index in [9.17, 15) is 9.59 Å². The third-order valence-corrected chi connectivity index (χ3v) is 3.93. The first-order valence-electron chi connectivity index (χ1n) is 7.47. The highest BCUT2D eigenvalue weighted by atomic mass is 35.5. The van der Waals surface area contributed by atoms with Crippen LogP contribution in [0.5, 0.6) is 0 Å². The van der Waals surface area contributed by atoms with Crippen LogP contribution in [0.2, 0.25) is 0 Å². The average Bonchev–Trinajstić information content (AvgIpc) is 2.79. The minimum absolute atomic E-state index is 0. The number of anilines is 1. The highest BCUT2D eigenvalue weighted by molar-refractivity contribution is 6.02. The molecule has 128 valence electrons. The molecule has 1 saturated heterocycles. The first-order valence-corrected chi connectivity index (χ1v) is 7.47. The lowest BCUT2D eigenvalue weighted by atomic mass is 10.1. The van der Waals surface area contributed by atoms with Gasteiger partial charge in [0.2, 0.25) is 11.8 Å². The van der Waals surface area contributed by atoms with Crippen molar-refractivity contribution in [2.24, 2.45) is 5.73 Å². The molecule has 0 aliphatic carbocycles. The van der Waals surface area contributed by atoms with E-state index in [0.29, 0.717) is 6.42 Å². The molecule has 7 heteroatoms. The zero-order valence-electron chi connectivity index (χ0n) is 13.4. The molecule has 1 aromatic rings. The van der Waals surface area contributed by atoms with E-state index >= 15 is 0 Å². The lowest BCUT2D eigenvalue weighted by Crippen LogP contribution is -2.43. The van der Waals surface area contributed by atoms with Gasteiger partial charge in [0.25, 0.3) is 0 Å². The number of carbonyl (C=O) groups is 2. The van der Waals surface area contributed by atoms with E-state index < -0.39 is 6.04 Å². The number of nitrogens with zero attached hydrogens (tertiary/aromatic N) is 1. The van der Waals surface area contributed by atoms with Gasteiger partial charge in [0.05, 0.1) is 12.5 Å². The van der Waals surface area contributed by atoms with Gasteiger partial charge in [-0.2, -0.15) is 0 Å². The van der Waals surface area contributed by atoms with E-state index in [2.05, 4.69) is 5.32 Å². The van der Waals surface area contributed by atoms with Gasteiger partial charge in [-0.15, -0.1) is 12.4 Å². The summed E-state index contributed by atoms with van der Waals surface area (Å²) in [6, 6.07) is 9.05. The summed E-state index contributed by atoms with van der Waals surface area (Å²) in [5.41, 5.74) is 6.36. The molecule has 0 saturated carbocycles. The number of carbonyl (C=O) groups excluding carboxylic acids is 2. The van der Waals surface area contributed by atoms with E-state index in [4.69, 9.17) is 10.5 Å². The Labute approximate surface area is 142 Å². The second kappa shape index (κ2) is 8.86. The Bertz CT molecular complexity index is 523. The van der Waals surface area contributed by atoms with E-state index in [1.54, 1.807) is 4.90 Å². The number of benzene rings is 1. The molecular formula is C16H24ClN3O3. The maximum atomic E-state index is 12.5. The highest BCUT2D eigenvalue weighted by Crippen LogP contribution is 2.26. The van der Waals surface area contributed by atoms with Gasteiger partial charge < -0.3 is 20.7 Å². The highest BCUT2D eigenvalue weighted by Gasteiger charge is 2.38. The third-order valence-electron chi connectivity index (χ3n) is 3.93. The Morgan fingerprint density at radius 3 is 2.65 bits per heavy atom. The lowest BCUT2D eigenvalue weighted by Gasteiger charge is -2.21. The summed E-state index contributed by atoms with van der Waals surface area (Å²) in [5, 5.41) is 2.79. The summed E-state index contributed by atoms with van der Waals surface area (Å²) in [5.74, 6) is -0.286. The van der Waals surface area contributed by atoms with Crippen molar-refractivity contribution in [2.45, 2.75) is 38.0 Å². The predicted octanol–water partition coefficient (Wildman–Crippen LogP) is 1.08. The maximum Gasteiger partial charge on any atom is 0.249 e. The van der Waals surface area contributed by atoms with Gasteiger partial charge in [-0.1, -0.05) is 18.2 Å². The molecule has 2 amide bonds. The van der Waals surface area contributed by atoms with Crippen molar-refractivity contribution in [2.75, 3.05) is 18.6 Å². The SMILES string of the molecule is COC(CN)CC(=O)NC1CC(C)N(c2ccccc2)C1=O.Cl. The fraction of sp³-hybridized carbons (Fsp3) is 0.500. The van der Waals surface area contributed by atoms with E-state index in [1.165, 1.54) is 7.11 Å². The molecule has 1 aliphatic rings. The maximum absolute atomic E-state index is 12.5. The Balaban J connectivity index is 0.00000264. The van der Waals surface area contributed by atoms with Gasteiger partial charge >= 0.3 is 0 Å². The summed E-state index contributed by atoms with van der Waals surface area (Å²) >= 11 is 0. The van der Waals surface area contributed by atoms with Gasteiger partial charge in [0, 0.05) is 25.4 Å². The van der Waals surface area contributed by atoms with Crippen molar-refractivity contribution in [1.82, 2.24) is 5.32 Å². The van der Waals surface area contributed by atoms with Crippen molar-refractivity contribution in [1.29, 1.82) is 0 Å². The molecule has 0 spiro atoms. The van der Waals surface area contributed by atoms with Gasteiger partial charge in [-0.05, 0) is 25.5 Å². The fourth-order valence-electron chi connectivity index (χ4n) is 2.75. The zero-order chi connectivity index (χ0) is 16.1. The van der Waals surface area contributed by atoms with Crippen LogP contribution >= 0.6 is 12.4 Å². The standard InChI is InChI=1S/C16H23N3O3.ClH/c1-11-8-14(18-15(20)9-13(10-17)22-2)16(21)19(11)12-6-4-3-5-7-12;/h3-7,11,13-14H,8-10,17H2,1-2H3,(H,18,20);1H. The fourth-order valence-corrected chi connectivity index (χ4v) is 2.75. The largest absolute Gasteiger partial charge is 0.380 e. The second-order valence-corrected chi connectivity index (χ2v) is 5.55. The minimum atomic E-state index is -0.488. The third kappa shape index (κ3) is 4.67. The van der Waals surface area contributed by atoms with Crippen LogP contribution in [0.25, 0.3) is 0 Å². The lowest BCUT2D eigenvalue weighted by molar-refractivity contribution is -0.128. The Morgan fingerprint density at radius 2 is 2.09 bits per heavy atom. The number of amides is 2. The zero-order valence-corrected chi connectivity index (χ0v) is 14.2. The van der Waals surface area contributed by atoms with Crippen molar-refractivity contribution >= 4 is 29.9 Å². The minimum Gasteiger partial charge on any atom is -0.380 e. The number of hydrogen-bond acceptors (Lipinski definition) is 4. The van der Waals surface area contributed by atoms with Crippen LogP contribution in [0.15, 0.2) is 30.3 Å². The van der Waals surface area contributed by atoms with Crippen LogP contribution in [0, 0.1) is 0 Å². The van der Waals surface area contributed by atoms with Crippen molar-refractivity contribution in [3.8, 4) is 0 Å². The Kier molecular flexibility index (Phi) is 7.48. The van der Waals surface area contributed by atoms with E-state index in [-0.39, 0.29) is 49.3 Å². The Hall–Kier alpha value is -1.63. The van der Waals surface area contributed by atoms with Crippen molar-refractivity contribution < 1.29 is 14.3 Å². The molecule has 2 rings (SSSR count). The normalized spacial score (nSPS) is 21.7. The summed E-state index contributed by atoms with van der Waals surface area (Å²) in [6.07, 6.45) is 0.440. The molecule has 1 fully saturated rings. The molecule has 3 atom stereocenters. The predicted molar refractivity (Wildman–Crippen MR) is 91.7 cm³/mol. The van der Waals surface area contributed by atoms with Crippen LogP contribution in [-0.2, 0) is 14.3 Å². The molecule has 0 radical (unpaired) electrons. The van der Waals surface area contributed by atoms with Gasteiger partial charge in [0.15, 0.2) is 0 Å². The Morgan fingerprint density at radius 1 is 1.43 bits per heavy atom. The summed E-state index contributed by atoms with van der Waals surface area (Å²) in [6.45, 7) is 2.25. The molecule has 3 unspecified atom stereocenters. The molecule has 1 aliphatic heterocycles. The second-order valence-electron chi connectivity index (χ2n) is 5.55. The number of para-hydroxylation sites is 1. The van der Waals surface area contributed by atoms with Crippen LogP contribution in [0.1, 0.15) is 19.8 Å². The number of halogens is 1. The topological polar surface area (TPSA) is 84.7 Å². The van der Waals surface area contributed by atoms with Gasteiger partial charge in [-0.3, -0.25) is 9.59 Å².